The Kier molecular flexibility index (Phi) is 2.62. The van der Waals surface area contributed by atoms with E-state index >= 15 is 0 Å². The Labute approximate surface area is 89.0 Å². The van der Waals surface area contributed by atoms with E-state index in [1.807, 2.05) is 13.0 Å². The van der Waals surface area contributed by atoms with Crippen LogP contribution in [0.15, 0.2) is 12.1 Å². The van der Waals surface area contributed by atoms with Gasteiger partial charge >= 0.3 is 0 Å². The number of ketones is 1. The Balaban J connectivity index is 2.51. The highest BCUT2D eigenvalue weighted by atomic mass is 16.6. The zero-order valence-electron chi connectivity index (χ0n) is 9.00. The van der Waals surface area contributed by atoms with Gasteiger partial charge in [0, 0.05) is 5.56 Å². The van der Waals surface area contributed by atoms with Crippen LogP contribution in [0.5, 0.6) is 11.5 Å². The van der Waals surface area contributed by atoms with E-state index in [-0.39, 0.29) is 5.78 Å². The molecular weight excluding hydrogens is 192 g/mol. The molecule has 80 valence electrons. The molecule has 1 aliphatic rings. The predicted octanol–water partition coefficient (Wildman–Crippen LogP) is 2.22. The van der Waals surface area contributed by atoms with E-state index in [0.717, 1.165) is 23.3 Å². The first-order valence-electron chi connectivity index (χ1n) is 5.16. The highest BCUT2D eigenvalue weighted by Gasteiger charge is 2.16. The Bertz CT molecular complexity index is 396. The molecule has 1 aromatic carbocycles. The number of hydrogen-bond donors (Lipinski definition) is 0. The Morgan fingerprint density at radius 2 is 1.87 bits per heavy atom. The number of aryl methyl sites for hydroxylation is 1. The lowest BCUT2D eigenvalue weighted by Crippen LogP contribution is -2.16. The maximum atomic E-state index is 11.4. The molecule has 3 nitrogen and oxygen atoms in total. The van der Waals surface area contributed by atoms with Crippen molar-refractivity contribution in [2.45, 2.75) is 20.3 Å². The molecule has 0 radical (unpaired) electrons. The lowest BCUT2D eigenvalue weighted by molar-refractivity contribution is 0.101. The van der Waals surface area contributed by atoms with E-state index in [2.05, 4.69) is 0 Å². The lowest BCUT2D eigenvalue weighted by atomic mass is 10.0. The topological polar surface area (TPSA) is 35.5 Å². The van der Waals surface area contributed by atoms with Crippen molar-refractivity contribution >= 4 is 5.78 Å². The van der Waals surface area contributed by atoms with Gasteiger partial charge in [-0.15, -0.1) is 0 Å². The molecule has 0 fully saturated rings. The summed E-state index contributed by atoms with van der Waals surface area (Å²) in [6, 6.07) is 3.70. The van der Waals surface area contributed by atoms with Crippen molar-refractivity contribution in [1.29, 1.82) is 0 Å². The second kappa shape index (κ2) is 3.93. The molecule has 0 aliphatic carbocycles. The molecule has 0 bridgehead atoms. The summed E-state index contributed by atoms with van der Waals surface area (Å²) in [5, 5.41) is 0. The number of Topliss-reactive ketones (excluding diaryl/α,β-unsaturated/α-hetero) is 1. The third-order valence-electron chi connectivity index (χ3n) is 2.53. The molecule has 0 saturated heterocycles. The van der Waals surface area contributed by atoms with Crippen molar-refractivity contribution in [3.8, 4) is 11.5 Å². The van der Waals surface area contributed by atoms with Crippen molar-refractivity contribution in [1.82, 2.24) is 0 Å². The quantitative estimate of drug-likeness (QED) is 0.696. The molecule has 0 spiro atoms. The normalized spacial score (nSPS) is 13.7. The summed E-state index contributed by atoms with van der Waals surface area (Å²) in [4.78, 5) is 11.4. The smallest absolute Gasteiger partial charge is 0.162 e. The molecule has 1 aliphatic heterocycles. The second-order valence-corrected chi connectivity index (χ2v) is 3.56. The second-order valence-electron chi connectivity index (χ2n) is 3.56. The maximum absolute atomic E-state index is 11.4. The van der Waals surface area contributed by atoms with E-state index in [4.69, 9.17) is 9.47 Å². The first-order valence-corrected chi connectivity index (χ1v) is 5.16. The van der Waals surface area contributed by atoms with Gasteiger partial charge < -0.3 is 9.47 Å². The summed E-state index contributed by atoms with van der Waals surface area (Å²) in [5.41, 5.74) is 1.76. The van der Waals surface area contributed by atoms with Gasteiger partial charge in [-0.2, -0.15) is 0 Å². The van der Waals surface area contributed by atoms with E-state index in [0.29, 0.717) is 19.0 Å². The molecule has 1 heterocycles. The molecule has 0 amide bonds. The van der Waals surface area contributed by atoms with Crippen LogP contribution in [0.4, 0.5) is 0 Å². The third kappa shape index (κ3) is 1.82. The van der Waals surface area contributed by atoms with Crippen LogP contribution in [0.1, 0.15) is 29.8 Å². The molecule has 0 saturated carbocycles. The van der Waals surface area contributed by atoms with E-state index in [1.54, 1.807) is 13.0 Å². The van der Waals surface area contributed by atoms with Crippen molar-refractivity contribution in [2.75, 3.05) is 13.2 Å². The molecule has 0 atom stereocenters. The number of carbonyl (C=O) groups excluding carboxylic acids is 1. The van der Waals surface area contributed by atoms with Crippen molar-refractivity contribution in [3.63, 3.8) is 0 Å². The van der Waals surface area contributed by atoms with Crippen LogP contribution >= 0.6 is 0 Å². The summed E-state index contributed by atoms with van der Waals surface area (Å²) in [5.74, 6) is 1.51. The van der Waals surface area contributed by atoms with Crippen molar-refractivity contribution < 1.29 is 14.3 Å². The first kappa shape index (κ1) is 10.0. The number of fused-ring (bicyclic) bond motifs is 1. The van der Waals surface area contributed by atoms with E-state index in [9.17, 15) is 4.79 Å². The van der Waals surface area contributed by atoms with Gasteiger partial charge in [0.1, 0.15) is 13.2 Å². The highest BCUT2D eigenvalue weighted by molar-refractivity contribution is 5.96. The van der Waals surface area contributed by atoms with Gasteiger partial charge in [0.05, 0.1) is 0 Å². The highest BCUT2D eigenvalue weighted by Crippen LogP contribution is 2.33. The van der Waals surface area contributed by atoms with Gasteiger partial charge in [0.15, 0.2) is 17.3 Å². The van der Waals surface area contributed by atoms with Crippen LogP contribution in [-0.4, -0.2) is 19.0 Å². The Hall–Kier alpha value is -1.51. The number of carbonyl (C=O) groups is 1. The summed E-state index contributed by atoms with van der Waals surface area (Å²) in [6.07, 6.45) is 0.825. The summed E-state index contributed by atoms with van der Waals surface area (Å²) in [6.45, 7) is 4.73. The van der Waals surface area contributed by atoms with Crippen molar-refractivity contribution in [2.24, 2.45) is 0 Å². The van der Waals surface area contributed by atoms with Gasteiger partial charge in [-0.3, -0.25) is 4.79 Å². The van der Waals surface area contributed by atoms with Crippen LogP contribution in [0.2, 0.25) is 0 Å². The molecule has 0 unspecified atom stereocenters. The minimum atomic E-state index is 0.0730. The molecule has 0 N–H and O–H groups in total. The van der Waals surface area contributed by atoms with Crippen LogP contribution in [0, 0.1) is 0 Å². The number of benzene rings is 1. The minimum absolute atomic E-state index is 0.0730. The molecular formula is C12H14O3. The number of hydrogen-bond acceptors (Lipinski definition) is 3. The summed E-state index contributed by atoms with van der Waals surface area (Å²) >= 11 is 0. The maximum Gasteiger partial charge on any atom is 0.162 e. The van der Waals surface area contributed by atoms with Crippen molar-refractivity contribution in [3.05, 3.63) is 23.3 Å². The predicted molar refractivity (Wildman–Crippen MR) is 56.8 cm³/mol. The molecule has 3 heteroatoms. The Morgan fingerprint density at radius 3 is 2.40 bits per heavy atom. The third-order valence-corrected chi connectivity index (χ3v) is 2.53. The SMILES string of the molecule is CCc1cc2c(cc1C(C)=O)OCCO2. The van der Waals surface area contributed by atoms with Crippen LogP contribution in [0.25, 0.3) is 0 Å². The Morgan fingerprint density at radius 1 is 1.27 bits per heavy atom. The minimum Gasteiger partial charge on any atom is -0.486 e. The largest absolute Gasteiger partial charge is 0.486 e. The zero-order chi connectivity index (χ0) is 10.8. The fourth-order valence-electron chi connectivity index (χ4n) is 1.75. The average Bonchev–Trinajstić information content (AvgIpc) is 2.27. The van der Waals surface area contributed by atoms with Crippen LogP contribution < -0.4 is 9.47 Å². The van der Waals surface area contributed by atoms with E-state index in [1.165, 1.54) is 0 Å². The number of rotatable bonds is 2. The van der Waals surface area contributed by atoms with Crippen LogP contribution in [-0.2, 0) is 6.42 Å². The molecule has 2 rings (SSSR count). The van der Waals surface area contributed by atoms with Gasteiger partial charge in [-0.25, -0.2) is 0 Å². The average molecular weight is 206 g/mol. The van der Waals surface area contributed by atoms with Gasteiger partial charge in [-0.1, -0.05) is 6.92 Å². The standard InChI is InChI=1S/C12H14O3/c1-3-9-6-11-12(15-5-4-14-11)7-10(9)8(2)13/h6-7H,3-5H2,1-2H3. The summed E-state index contributed by atoms with van der Waals surface area (Å²) < 4.78 is 10.9. The summed E-state index contributed by atoms with van der Waals surface area (Å²) in [7, 11) is 0. The first-order chi connectivity index (χ1) is 7.22. The fraction of sp³-hybridized carbons (Fsp3) is 0.417. The molecule has 1 aromatic rings. The van der Waals surface area contributed by atoms with Crippen LogP contribution in [0.3, 0.4) is 0 Å². The van der Waals surface area contributed by atoms with Gasteiger partial charge in [0.2, 0.25) is 0 Å². The molecule has 0 aromatic heterocycles. The lowest BCUT2D eigenvalue weighted by Gasteiger charge is -2.20. The van der Waals surface area contributed by atoms with Gasteiger partial charge in [0.25, 0.3) is 0 Å². The number of ether oxygens (including phenoxy) is 2. The monoisotopic (exact) mass is 206 g/mol. The fourth-order valence-corrected chi connectivity index (χ4v) is 1.75. The molecule has 15 heavy (non-hydrogen) atoms. The van der Waals surface area contributed by atoms with E-state index < -0.39 is 0 Å². The van der Waals surface area contributed by atoms with Gasteiger partial charge in [-0.05, 0) is 31.0 Å². The zero-order valence-corrected chi connectivity index (χ0v) is 9.00.